The fourth-order valence-electron chi connectivity index (χ4n) is 5.28. The van der Waals surface area contributed by atoms with Gasteiger partial charge in [0.25, 0.3) is 0 Å². The summed E-state index contributed by atoms with van der Waals surface area (Å²) in [5, 5.41) is 7.72. The van der Waals surface area contributed by atoms with Crippen LogP contribution in [0.25, 0.3) is 0 Å². The van der Waals surface area contributed by atoms with Crippen LogP contribution in [0.4, 0.5) is 0 Å². The Hall–Kier alpha value is -3.04. The van der Waals surface area contributed by atoms with Crippen LogP contribution in [0.3, 0.4) is 0 Å². The van der Waals surface area contributed by atoms with Crippen LogP contribution in [-0.2, 0) is 37.3 Å². The monoisotopic (exact) mass is 720 g/mol. The van der Waals surface area contributed by atoms with Crippen molar-refractivity contribution in [3.63, 3.8) is 0 Å². The highest BCUT2D eigenvalue weighted by Crippen LogP contribution is 2.50. The van der Waals surface area contributed by atoms with Crippen molar-refractivity contribution in [2.45, 2.75) is 170 Å². The summed E-state index contributed by atoms with van der Waals surface area (Å²) in [6, 6.07) is 19.7. The molecular formula is C45H69O5P. The number of hydrogen-bond acceptors (Lipinski definition) is 4. The van der Waals surface area contributed by atoms with Gasteiger partial charge in [-0.15, -0.1) is 0 Å². The highest BCUT2D eigenvalue weighted by molar-refractivity contribution is 7.43. The summed E-state index contributed by atoms with van der Waals surface area (Å²) >= 11 is 0. The van der Waals surface area contributed by atoms with Crippen molar-refractivity contribution >= 4 is 14.6 Å². The highest BCUT2D eigenvalue weighted by Gasteiger charge is 2.32. The average molecular weight is 721 g/mol. The number of benzene rings is 3. The van der Waals surface area contributed by atoms with Crippen molar-refractivity contribution in [3.8, 4) is 17.2 Å². The molecule has 0 aromatic heterocycles. The van der Waals surface area contributed by atoms with E-state index in [9.17, 15) is 4.79 Å². The third-order valence-electron chi connectivity index (χ3n) is 8.78. The zero-order valence-electron chi connectivity index (χ0n) is 35.4. The van der Waals surface area contributed by atoms with E-state index in [1.807, 2.05) is 0 Å². The minimum Gasteiger partial charge on any atom is -0.481 e. The lowest BCUT2D eigenvalue weighted by Crippen LogP contribution is -2.20. The Bertz CT molecular complexity index is 1440. The molecule has 0 spiro atoms. The Morgan fingerprint density at radius 1 is 0.471 bits per heavy atom. The molecule has 0 aliphatic heterocycles. The number of rotatable bonds is 7. The fraction of sp³-hybridized carbons (Fsp3) is 0.578. The molecule has 5 nitrogen and oxygen atoms in total. The Kier molecular flexibility index (Phi) is 13.8. The first kappa shape index (κ1) is 44.1. The number of carboxylic acids is 1. The van der Waals surface area contributed by atoms with E-state index in [-0.39, 0.29) is 38.9 Å². The molecule has 0 heterocycles. The summed E-state index contributed by atoms with van der Waals surface area (Å²) in [5.41, 5.74) is 6.85. The van der Waals surface area contributed by atoms with Crippen molar-refractivity contribution in [3.05, 3.63) is 88.0 Å². The lowest BCUT2D eigenvalue weighted by Gasteiger charge is -2.31. The summed E-state index contributed by atoms with van der Waals surface area (Å²) in [7, 11) is -1.89. The van der Waals surface area contributed by atoms with Gasteiger partial charge in [0.1, 0.15) is 17.2 Å². The lowest BCUT2D eigenvalue weighted by molar-refractivity contribution is -0.136. The molecule has 1 N–H and O–H groups in total. The second-order valence-electron chi connectivity index (χ2n) is 19.9. The van der Waals surface area contributed by atoms with E-state index in [0.717, 1.165) is 33.9 Å². The molecule has 3 aromatic rings. The standard InChI is InChI=1S/C42H63O3P.C3H6O2/c1-37(2,3)28-19-22-34(31(25-28)40(10,11)12)43-46(44-35-23-20-29(38(4,5)6)26-32(35)41(13,14)15)45-36-24-21-30(39(7,8)9)27-33(36)42(16,17)18;1-2-3(4)5/h19-27H,1-18H3;2H2,1H3,(H,4,5). The van der Waals surface area contributed by atoms with Crippen LogP contribution in [-0.4, -0.2) is 11.1 Å². The normalized spacial score (nSPS) is 13.0. The largest absolute Gasteiger partial charge is 0.530 e. The maximum atomic E-state index is 9.37. The Balaban J connectivity index is 0.00000168. The van der Waals surface area contributed by atoms with Crippen molar-refractivity contribution in [1.29, 1.82) is 0 Å². The zero-order valence-corrected chi connectivity index (χ0v) is 36.3. The minimum absolute atomic E-state index is 0.0170. The summed E-state index contributed by atoms with van der Waals surface area (Å²) in [6.45, 7) is 41.9. The van der Waals surface area contributed by atoms with Gasteiger partial charge in [-0.25, -0.2) is 0 Å². The van der Waals surface area contributed by atoms with E-state index in [4.69, 9.17) is 18.7 Å². The first-order chi connectivity index (χ1) is 22.9. The van der Waals surface area contributed by atoms with Crippen LogP contribution in [0.5, 0.6) is 17.2 Å². The molecule has 3 aromatic carbocycles. The maximum absolute atomic E-state index is 9.37. The highest BCUT2D eigenvalue weighted by atomic mass is 31.2. The quantitative estimate of drug-likeness (QED) is 0.246. The molecule has 0 bridgehead atoms. The second kappa shape index (κ2) is 15.9. The van der Waals surface area contributed by atoms with Crippen LogP contribution in [0.15, 0.2) is 54.6 Å². The molecule has 51 heavy (non-hydrogen) atoms. The van der Waals surface area contributed by atoms with Gasteiger partial charge in [-0.1, -0.05) is 168 Å². The van der Waals surface area contributed by atoms with Crippen LogP contribution in [0.1, 0.15) is 171 Å². The van der Waals surface area contributed by atoms with Gasteiger partial charge in [0.05, 0.1) is 0 Å². The van der Waals surface area contributed by atoms with Crippen LogP contribution >= 0.6 is 8.60 Å². The Labute approximate surface area is 312 Å². The molecule has 0 fully saturated rings. The molecule has 284 valence electrons. The predicted octanol–water partition coefficient (Wildman–Crippen LogP) is 13.7. The van der Waals surface area contributed by atoms with Gasteiger partial charge in [0, 0.05) is 23.1 Å². The number of hydrogen-bond donors (Lipinski definition) is 1. The average Bonchev–Trinajstić information content (AvgIpc) is 2.94. The predicted molar refractivity (Wildman–Crippen MR) is 218 cm³/mol. The third kappa shape index (κ3) is 12.8. The summed E-state index contributed by atoms with van der Waals surface area (Å²) in [6.07, 6.45) is 0.222. The van der Waals surface area contributed by atoms with Gasteiger partial charge < -0.3 is 18.7 Å². The van der Waals surface area contributed by atoms with Gasteiger partial charge in [0.2, 0.25) is 0 Å². The van der Waals surface area contributed by atoms with E-state index < -0.39 is 14.6 Å². The molecular weight excluding hydrogens is 651 g/mol. The molecule has 0 saturated carbocycles. The molecule has 6 heteroatoms. The summed E-state index contributed by atoms with van der Waals surface area (Å²) in [4.78, 5) is 9.37. The van der Waals surface area contributed by atoms with Gasteiger partial charge in [0.15, 0.2) is 0 Å². The second-order valence-corrected chi connectivity index (χ2v) is 20.9. The van der Waals surface area contributed by atoms with E-state index in [1.165, 1.54) is 16.7 Å². The molecule has 3 rings (SSSR count). The lowest BCUT2D eigenvalue weighted by atomic mass is 9.80. The van der Waals surface area contributed by atoms with Gasteiger partial charge in [-0.05, 0) is 67.4 Å². The van der Waals surface area contributed by atoms with Crippen molar-refractivity contribution in [2.24, 2.45) is 0 Å². The zero-order chi connectivity index (χ0) is 39.5. The van der Waals surface area contributed by atoms with Crippen molar-refractivity contribution in [2.75, 3.05) is 0 Å². The van der Waals surface area contributed by atoms with Gasteiger partial charge >= 0.3 is 14.6 Å². The molecule has 0 amide bonds. The topological polar surface area (TPSA) is 65.0 Å². The van der Waals surface area contributed by atoms with Crippen LogP contribution < -0.4 is 13.6 Å². The number of carbonyl (C=O) groups is 1. The molecule has 0 atom stereocenters. The minimum atomic E-state index is -1.89. The first-order valence-corrected chi connectivity index (χ1v) is 19.5. The summed E-state index contributed by atoms with van der Waals surface area (Å²) < 4.78 is 20.7. The third-order valence-corrected chi connectivity index (χ3v) is 9.82. The molecule has 0 unspecified atom stereocenters. The molecule has 0 saturated heterocycles. The van der Waals surface area contributed by atoms with E-state index >= 15 is 0 Å². The van der Waals surface area contributed by atoms with E-state index in [1.54, 1.807) is 6.92 Å². The van der Waals surface area contributed by atoms with Crippen LogP contribution in [0, 0.1) is 0 Å². The van der Waals surface area contributed by atoms with E-state index in [0.29, 0.717) is 0 Å². The molecule has 0 aliphatic rings. The Morgan fingerprint density at radius 2 is 0.686 bits per heavy atom. The smallest absolute Gasteiger partial charge is 0.481 e. The fourth-order valence-corrected chi connectivity index (χ4v) is 6.35. The van der Waals surface area contributed by atoms with E-state index in [2.05, 4.69) is 179 Å². The van der Waals surface area contributed by atoms with Crippen molar-refractivity contribution in [1.82, 2.24) is 0 Å². The first-order valence-electron chi connectivity index (χ1n) is 18.4. The Morgan fingerprint density at radius 3 is 0.843 bits per heavy atom. The number of aliphatic carboxylic acids is 1. The van der Waals surface area contributed by atoms with Gasteiger partial charge in [-0.2, -0.15) is 0 Å². The molecule has 0 radical (unpaired) electrons. The van der Waals surface area contributed by atoms with Crippen molar-refractivity contribution < 1.29 is 23.5 Å². The van der Waals surface area contributed by atoms with Gasteiger partial charge in [-0.3, -0.25) is 4.79 Å². The number of carboxylic acid groups (broad SMARTS) is 1. The summed E-state index contributed by atoms with van der Waals surface area (Å²) in [5.74, 6) is 1.63. The molecule has 0 aliphatic carbocycles. The SMILES string of the molecule is CC(C)(C)c1ccc(OP(Oc2ccc(C(C)(C)C)cc2C(C)(C)C)Oc2ccc(C(C)(C)C)cc2C(C)(C)C)c(C(C)(C)C)c1.CCC(=O)O. The van der Waals surface area contributed by atoms with Crippen LogP contribution in [0.2, 0.25) is 0 Å². The maximum Gasteiger partial charge on any atom is 0.530 e.